The quantitative estimate of drug-likeness (QED) is 0.538. The fourth-order valence-corrected chi connectivity index (χ4v) is 2.67. The SMILES string of the molecule is COc1cc(C)c([N+](=O)[O-])c2c(-c3ccccc3)ccnc12. The van der Waals surface area contributed by atoms with Crippen LogP contribution in [0.2, 0.25) is 0 Å². The van der Waals surface area contributed by atoms with Gasteiger partial charge in [0.2, 0.25) is 0 Å². The molecular weight excluding hydrogens is 280 g/mol. The summed E-state index contributed by atoms with van der Waals surface area (Å²) >= 11 is 0. The minimum Gasteiger partial charge on any atom is -0.494 e. The maximum absolute atomic E-state index is 11.6. The van der Waals surface area contributed by atoms with Crippen molar-refractivity contribution in [3.8, 4) is 16.9 Å². The Hall–Kier alpha value is -2.95. The summed E-state index contributed by atoms with van der Waals surface area (Å²) in [5.74, 6) is 0.538. The van der Waals surface area contributed by atoms with Crippen LogP contribution < -0.4 is 4.74 Å². The first-order chi connectivity index (χ1) is 10.6. The van der Waals surface area contributed by atoms with Gasteiger partial charge in [0.05, 0.1) is 17.4 Å². The monoisotopic (exact) mass is 294 g/mol. The van der Waals surface area contributed by atoms with Gasteiger partial charge in [-0.1, -0.05) is 30.3 Å². The van der Waals surface area contributed by atoms with Crippen LogP contribution in [0.4, 0.5) is 5.69 Å². The lowest BCUT2D eigenvalue weighted by atomic mass is 9.98. The summed E-state index contributed by atoms with van der Waals surface area (Å²) in [4.78, 5) is 15.5. The average molecular weight is 294 g/mol. The molecule has 22 heavy (non-hydrogen) atoms. The molecule has 5 heteroatoms. The highest BCUT2D eigenvalue weighted by Crippen LogP contribution is 2.40. The molecular formula is C17H14N2O3. The van der Waals surface area contributed by atoms with Gasteiger partial charge in [0.15, 0.2) is 0 Å². The molecule has 0 radical (unpaired) electrons. The number of methoxy groups -OCH3 is 1. The Labute approximate surface area is 127 Å². The van der Waals surface area contributed by atoms with E-state index in [1.165, 1.54) is 7.11 Å². The van der Waals surface area contributed by atoms with Crippen molar-refractivity contribution >= 4 is 16.6 Å². The normalized spacial score (nSPS) is 10.6. The van der Waals surface area contributed by atoms with Crippen LogP contribution in [0.25, 0.3) is 22.0 Å². The number of rotatable bonds is 3. The van der Waals surface area contributed by atoms with Crippen LogP contribution in [-0.2, 0) is 0 Å². The summed E-state index contributed by atoms with van der Waals surface area (Å²) < 4.78 is 5.35. The van der Waals surface area contributed by atoms with Crippen molar-refractivity contribution in [3.05, 3.63) is 64.3 Å². The first-order valence-corrected chi connectivity index (χ1v) is 6.79. The van der Waals surface area contributed by atoms with Crippen molar-refractivity contribution in [2.24, 2.45) is 0 Å². The van der Waals surface area contributed by atoms with Gasteiger partial charge in [0, 0.05) is 11.8 Å². The number of aryl methyl sites for hydroxylation is 1. The molecule has 1 heterocycles. The van der Waals surface area contributed by atoms with Gasteiger partial charge in [0.1, 0.15) is 11.3 Å². The lowest BCUT2D eigenvalue weighted by molar-refractivity contribution is -0.383. The maximum Gasteiger partial charge on any atom is 0.282 e. The Kier molecular flexibility index (Phi) is 3.47. The number of benzene rings is 2. The minimum absolute atomic E-state index is 0.0720. The van der Waals surface area contributed by atoms with Crippen LogP contribution in [-0.4, -0.2) is 17.0 Å². The van der Waals surface area contributed by atoms with Crippen molar-refractivity contribution < 1.29 is 9.66 Å². The van der Waals surface area contributed by atoms with Gasteiger partial charge in [-0.15, -0.1) is 0 Å². The number of nitro groups is 1. The molecule has 0 bridgehead atoms. The van der Waals surface area contributed by atoms with Gasteiger partial charge in [-0.3, -0.25) is 15.1 Å². The second-order valence-electron chi connectivity index (χ2n) is 4.95. The molecule has 0 atom stereocenters. The van der Waals surface area contributed by atoms with Crippen LogP contribution >= 0.6 is 0 Å². The van der Waals surface area contributed by atoms with Gasteiger partial charge >= 0.3 is 0 Å². The van der Waals surface area contributed by atoms with E-state index in [2.05, 4.69) is 4.98 Å². The van der Waals surface area contributed by atoms with E-state index < -0.39 is 0 Å². The molecule has 0 aliphatic carbocycles. The number of pyridine rings is 1. The average Bonchev–Trinajstić information content (AvgIpc) is 2.54. The molecule has 0 saturated heterocycles. The largest absolute Gasteiger partial charge is 0.494 e. The second kappa shape index (κ2) is 5.44. The lowest BCUT2D eigenvalue weighted by Crippen LogP contribution is -1.98. The van der Waals surface area contributed by atoms with Crippen LogP contribution in [0.1, 0.15) is 5.56 Å². The van der Waals surface area contributed by atoms with Crippen LogP contribution in [0.3, 0.4) is 0 Å². The summed E-state index contributed by atoms with van der Waals surface area (Å²) in [6, 6.07) is 13.0. The molecule has 3 rings (SSSR count). The number of nitrogens with zero attached hydrogens (tertiary/aromatic N) is 2. The lowest BCUT2D eigenvalue weighted by Gasteiger charge is -2.11. The summed E-state index contributed by atoms with van der Waals surface area (Å²) in [6.45, 7) is 1.71. The Morgan fingerprint density at radius 3 is 2.55 bits per heavy atom. The summed E-state index contributed by atoms with van der Waals surface area (Å²) in [5.41, 5.74) is 2.81. The third-order valence-electron chi connectivity index (χ3n) is 3.63. The molecule has 110 valence electrons. The van der Waals surface area contributed by atoms with Gasteiger partial charge < -0.3 is 4.74 Å². The molecule has 0 aliphatic heterocycles. The Morgan fingerprint density at radius 1 is 1.18 bits per heavy atom. The van der Waals surface area contributed by atoms with Crippen molar-refractivity contribution in [3.63, 3.8) is 0 Å². The number of nitro benzene ring substituents is 1. The molecule has 0 N–H and O–H groups in total. The van der Waals surface area contributed by atoms with Crippen LogP contribution in [0.5, 0.6) is 5.75 Å². The predicted molar refractivity (Wildman–Crippen MR) is 85.1 cm³/mol. The van der Waals surface area contributed by atoms with Gasteiger partial charge in [-0.05, 0) is 30.2 Å². The Morgan fingerprint density at radius 2 is 1.91 bits per heavy atom. The highest BCUT2D eigenvalue weighted by atomic mass is 16.6. The van der Waals surface area contributed by atoms with Gasteiger partial charge in [0.25, 0.3) is 5.69 Å². The summed E-state index contributed by atoms with van der Waals surface area (Å²) in [5, 5.41) is 12.1. The topological polar surface area (TPSA) is 65.3 Å². The van der Waals surface area contributed by atoms with E-state index >= 15 is 0 Å². The van der Waals surface area contributed by atoms with E-state index in [1.54, 1.807) is 25.3 Å². The van der Waals surface area contributed by atoms with E-state index in [4.69, 9.17) is 4.74 Å². The van der Waals surface area contributed by atoms with Crippen molar-refractivity contribution in [2.45, 2.75) is 6.92 Å². The van der Waals surface area contributed by atoms with E-state index in [-0.39, 0.29) is 10.6 Å². The van der Waals surface area contributed by atoms with Crippen LogP contribution in [0.15, 0.2) is 48.7 Å². The number of fused-ring (bicyclic) bond motifs is 1. The molecule has 0 aliphatic rings. The zero-order chi connectivity index (χ0) is 15.7. The molecule has 0 saturated carbocycles. The van der Waals surface area contributed by atoms with E-state index in [0.717, 1.165) is 11.1 Å². The third kappa shape index (κ3) is 2.16. The molecule has 5 nitrogen and oxygen atoms in total. The standard InChI is InChI=1S/C17H14N2O3/c1-11-10-14(22-2)16-15(17(11)19(20)21)13(8-9-18-16)12-6-4-3-5-7-12/h3-10H,1-2H3. The summed E-state index contributed by atoms with van der Waals surface area (Å²) in [7, 11) is 1.54. The number of hydrogen-bond acceptors (Lipinski definition) is 4. The van der Waals surface area contributed by atoms with Crippen molar-refractivity contribution in [2.75, 3.05) is 7.11 Å². The van der Waals surface area contributed by atoms with Gasteiger partial charge in [-0.2, -0.15) is 0 Å². The van der Waals surface area contributed by atoms with E-state index in [0.29, 0.717) is 22.2 Å². The molecule has 1 aromatic heterocycles. The zero-order valence-electron chi connectivity index (χ0n) is 12.2. The van der Waals surface area contributed by atoms with Gasteiger partial charge in [-0.25, -0.2) is 0 Å². The summed E-state index contributed by atoms with van der Waals surface area (Å²) in [6.07, 6.45) is 1.65. The van der Waals surface area contributed by atoms with Crippen LogP contribution in [0, 0.1) is 17.0 Å². The highest BCUT2D eigenvalue weighted by Gasteiger charge is 2.23. The van der Waals surface area contributed by atoms with E-state index in [1.807, 2.05) is 30.3 Å². The minimum atomic E-state index is -0.356. The zero-order valence-corrected chi connectivity index (χ0v) is 12.2. The third-order valence-corrected chi connectivity index (χ3v) is 3.63. The highest BCUT2D eigenvalue weighted by molar-refractivity contribution is 6.04. The smallest absolute Gasteiger partial charge is 0.282 e. The molecule has 3 aromatic rings. The Bertz CT molecular complexity index is 861. The molecule has 0 spiro atoms. The first-order valence-electron chi connectivity index (χ1n) is 6.79. The second-order valence-corrected chi connectivity index (χ2v) is 4.95. The predicted octanol–water partition coefficient (Wildman–Crippen LogP) is 4.13. The molecule has 0 fully saturated rings. The maximum atomic E-state index is 11.6. The first kappa shape index (κ1) is 14.0. The number of ether oxygens (including phenoxy) is 1. The van der Waals surface area contributed by atoms with Crippen molar-refractivity contribution in [1.82, 2.24) is 4.98 Å². The Balaban J connectivity index is 2.49. The molecule has 0 unspecified atom stereocenters. The number of hydrogen-bond donors (Lipinski definition) is 0. The molecule has 2 aromatic carbocycles. The fraction of sp³-hybridized carbons (Fsp3) is 0.118. The molecule has 0 amide bonds. The van der Waals surface area contributed by atoms with Crippen molar-refractivity contribution in [1.29, 1.82) is 0 Å². The van der Waals surface area contributed by atoms with E-state index in [9.17, 15) is 10.1 Å². The fourth-order valence-electron chi connectivity index (χ4n) is 2.67. The number of aromatic nitrogens is 1.